The summed E-state index contributed by atoms with van der Waals surface area (Å²) in [6.07, 6.45) is 2.46. The standard InChI is InChI=1S/C13H20N2O3S/c1-4-18-10-6-5-7-15(8-10)13-14-9(2)11(19-13)12(16)17-3/h10H,4-8H2,1-3H3. The Hall–Kier alpha value is -1.14. The number of anilines is 1. The second kappa shape index (κ2) is 6.34. The van der Waals surface area contributed by atoms with Gasteiger partial charge in [-0.25, -0.2) is 9.78 Å². The largest absolute Gasteiger partial charge is 0.465 e. The van der Waals surface area contributed by atoms with E-state index in [2.05, 4.69) is 9.88 Å². The van der Waals surface area contributed by atoms with Gasteiger partial charge in [0.05, 0.1) is 18.9 Å². The number of esters is 1. The predicted molar refractivity (Wildman–Crippen MR) is 75.1 cm³/mol. The van der Waals surface area contributed by atoms with E-state index in [4.69, 9.17) is 9.47 Å². The molecule has 106 valence electrons. The van der Waals surface area contributed by atoms with Crippen LogP contribution >= 0.6 is 11.3 Å². The van der Waals surface area contributed by atoms with Crippen molar-refractivity contribution in [3.63, 3.8) is 0 Å². The van der Waals surface area contributed by atoms with Crippen molar-refractivity contribution in [2.75, 3.05) is 31.7 Å². The first-order valence-electron chi connectivity index (χ1n) is 6.58. The monoisotopic (exact) mass is 284 g/mol. The molecule has 1 atom stereocenters. The summed E-state index contributed by atoms with van der Waals surface area (Å²) in [5, 5.41) is 0.891. The molecule has 0 aromatic carbocycles. The van der Waals surface area contributed by atoms with Gasteiger partial charge in [-0.1, -0.05) is 11.3 Å². The summed E-state index contributed by atoms with van der Waals surface area (Å²) in [6, 6.07) is 0. The lowest BCUT2D eigenvalue weighted by atomic mass is 10.1. The third-order valence-electron chi connectivity index (χ3n) is 3.21. The first-order chi connectivity index (χ1) is 9.15. The van der Waals surface area contributed by atoms with Crippen molar-refractivity contribution in [1.82, 2.24) is 4.98 Å². The maximum Gasteiger partial charge on any atom is 0.350 e. The van der Waals surface area contributed by atoms with E-state index < -0.39 is 0 Å². The number of carbonyl (C=O) groups is 1. The van der Waals surface area contributed by atoms with Crippen molar-refractivity contribution in [3.8, 4) is 0 Å². The highest BCUT2D eigenvalue weighted by Crippen LogP contribution is 2.29. The zero-order valence-corrected chi connectivity index (χ0v) is 12.5. The van der Waals surface area contributed by atoms with Gasteiger partial charge in [-0.3, -0.25) is 0 Å². The van der Waals surface area contributed by atoms with E-state index in [0.29, 0.717) is 4.88 Å². The molecule has 19 heavy (non-hydrogen) atoms. The summed E-state index contributed by atoms with van der Waals surface area (Å²) in [6.45, 7) is 6.42. The van der Waals surface area contributed by atoms with Crippen molar-refractivity contribution in [1.29, 1.82) is 0 Å². The van der Waals surface area contributed by atoms with Gasteiger partial charge in [-0.05, 0) is 26.7 Å². The molecular weight excluding hydrogens is 264 g/mol. The van der Waals surface area contributed by atoms with Gasteiger partial charge in [0.25, 0.3) is 0 Å². The van der Waals surface area contributed by atoms with Gasteiger partial charge in [-0.15, -0.1) is 0 Å². The van der Waals surface area contributed by atoms with Gasteiger partial charge in [0.1, 0.15) is 4.88 Å². The van der Waals surface area contributed by atoms with Gasteiger partial charge in [0, 0.05) is 19.7 Å². The molecular formula is C13H20N2O3S. The molecule has 0 spiro atoms. The average molecular weight is 284 g/mol. The van der Waals surface area contributed by atoms with Crippen molar-refractivity contribution in [2.24, 2.45) is 0 Å². The zero-order valence-electron chi connectivity index (χ0n) is 11.6. The molecule has 1 aromatic heterocycles. The third kappa shape index (κ3) is 3.25. The Morgan fingerprint density at radius 2 is 2.37 bits per heavy atom. The van der Waals surface area contributed by atoms with Gasteiger partial charge >= 0.3 is 5.97 Å². The number of ether oxygens (including phenoxy) is 2. The Kier molecular flexibility index (Phi) is 4.76. The van der Waals surface area contributed by atoms with Crippen LogP contribution in [-0.2, 0) is 9.47 Å². The number of nitrogens with zero attached hydrogens (tertiary/aromatic N) is 2. The van der Waals surface area contributed by atoms with E-state index in [-0.39, 0.29) is 12.1 Å². The Labute approximate surface area is 117 Å². The number of piperidine rings is 1. The summed E-state index contributed by atoms with van der Waals surface area (Å²) in [5.41, 5.74) is 0.741. The van der Waals surface area contributed by atoms with Crippen LogP contribution < -0.4 is 4.90 Å². The fourth-order valence-corrected chi connectivity index (χ4v) is 3.30. The number of aryl methyl sites for hydroxylation is 1. The molecule has 1 fully saturated rings. The summed E-state index contributed by atoms with van der Waals surface area (Å²) in [7, 11) is 1.40. The van der Waals surface area contributed by atoms with Crippen molar-refractivity contribution < 1.29 is 14.3 Å². The molecule has 0 saturated carbocycles. The van der Waals surface area contributed by atoms with Crippen LogP contribution in [0.3, 0.4) is 0 Å². The summed E-state index contributed by atoms with van der Waals surface area (Å²) >= 11 is 1.40. The molecule has 6 heteroatoms. The SMILES string of the molecule is CCOC1CCCN(c2nc(C)c(C(=O)OC)s2)C1. The van der Waals surface area contributed by atoms with Crippen LogP contribution in [0.15, 0.2) is 0 Å². The number of aromatic nitrogens is 1. The zero-order chi connectivity index (χ0) is 13.8. The Balaban J connectivity index is 2.11. The van der Waals surface area contributed by atoms with E-state index in [9.17, 15) is 4.79 Å². The second-order valence-corrected chi connectivity index (χ2v) is 5.55. The number of hydrogen-bond acceptors (Lipinski definition) is 6. The van der Waals surface area contributed by atoms with Crippen LogP contribution in [0.1, 0.15) is 35.1 Å². The van der Waals surface area contributed by atoms with Crippen molar-refractivity contribution in [2.45, 2.75) is 32.8 Å². The van der Waals surface area contributed by atoms with Crippen molar-refractivity contribution >= 4 is 22.4 Å². The molecule has 0 aliphatic carbocycles. The normalized spacial score (nSPS) is 19.5. The molecule has 2 rings (SSSR count). The molecule has 0 amide bonds. The number of rotatable bonds is 4. The maximum atomic E-state index is 11.6. The Morgan fingerprint density at radius 3 is 3.05 bits per heavy atom. The van der Waals surface area contributed by atoms with E-state index in [0.717, 1.165) is 43.4 Å². The maximum absolute atomic E-state index is 11.6. The van der Waals surface area contributed by atoms with Crippen LogP contribution in [0.2, 0.25) is 0 Å². The minimum absolute atomic E-state index is 0.268. The highest BCUT2D eigenvalue weighted by Gasteiger charge is 2.24. The third-order valence-corrected chi connectivity index (χ3v) is 4.41. The van der Waals surface area contributed by atoms with E-state index in [1.165, 1.54) is 18.4 Å². The smallest absolute Gasteiger partial charge is 0.350 e. The second-order valence-electron chi connectivity index (χ2n) is 4.57. The number of hydrogen-bond donors (Lipinski definition) is 0. The summed E-state index contributed by atoms with van der Waals surface area (Å²) < 4.78 is 10.4. The van der Waals surface area contributed by atoms with Gasteiger partial charge in [0.2, 0.25) is 0 Å². The van der Waals surface area contributed by atoms with Crippen LogP contribution in [0.5, 0.6) is 0 Å². The highest BCUT2D eigenvalue weighted by molar-refractivity contribution is 7.17. The number of methoxy groups -OCH3 is 1. The molecule has 1 aliphatic heterocycles. The molecule has 0 N–H and O–H groups in total. The number of thiazole rings is 1. The topological polar surface area (TPSA) is 51.7 Å². The Bertz CT molecular complexity index is 445. The van der Waals surface area contributed by atoms with Crippen LogP contribution in [0.25, 0.3) is 0 Å². The number of carbonyl (C=O) groups excluding carboxylic acids is 1. The fraction of sp³-hybridized carbons (Fsp3) is 0.692. The van der Waals surface area contributed by atoms with Gasteiger partial charge in [-0.2, -0.15) is 0 Å². The molecule has 0 radical (unpaired) electrons. The van der Waals surface area contributed by atoms with Gasteiger partial charge in [0.15, 0.2) is 5.13 Å². The molecule has 5 nitrogen and oxygen atoms in total. The lowest BCUT2D eigenvalue weighted by Crippen LogP contribution is -2.39. The first kappa shape index (κ1) is 14.3. The Morgan fingerprint density at radius 1 is 1.58 bits per heavy atom. The van der Waals surface area contributed by atoms with Crippen LogP contribution in [0, 0.1) is 6.92 Å². The molecule has 1 saturated heterocycles. The average Bonchev–Trinajstić information content (AvgIpc) is 2.81. The molecule has 1 aliphatic rings. The first-order valence-corrected chi connectivity index (χ1v) is 7.39. The van der Waals surface area contributed by atoms with E-state index in [1.54, 1.807) is 0 Å². The minimum atomic E-state index is -0.306. The predicted octanol–water partition coefficient (Wildman–Crippen LogP) is 2.24. The summed E-state index contributed by atoms with van der Waals surface area (Å²) in [4.78, 5) is 18.9. The quantitative estimate of drug-likeness (QED) is 0.794. The van der Waals surface area contributed by atoms with Crippen LogP contribution in [-0.4, -0.2) is 43.9 Å². The van der Waals surface area contributed by atoms with Gasteiger partial charge < -0.3 is 14.4 Å². The van der Waals surface area contributed by atoms with E-state index in [1.807, 2.05) is 13.8 Å². The molecule has 1 aromatic rings. The molecule has 0 bridgehead atoms. The summed E-state index contributed by atoms with van der Waals surface area (Å²) in [5.74, 6) is -0.306. The lowest BCUT2D eigenvalue weighted by Gasteiger charge is -2.32. The molecule has 2 heterocycles. The van der Waals surface area contributed by atoms with Crippen molar-refractivity contribution in [3.05, 3.63) is 10.6 Å². The minimum Gasteiger partial charge on any atom is -0.465 e. The lowest BCUT2D eigenvalue weighted by molar-refractivity contribution is 0.0526. The van der Waals surface area contributed by atoms with E-state index >= 15 is 0 Å². The van der Waals surface area contributed by atoms with Crippen LogP contribution in [0.4, 0.5) is 5.13 Å². The highest BCUT2D eigenvalue weighted by atomic mass is 32.1. The molecule has 1 unspecified atom stereocenters. The fourth-order valence-electron chi connectivity index (χ4n) is 2.28.